The van der Waals surface area contributed by atoms with Crippen LogP contribution in [0.5, 0.6) is 0 Å². The number of thioether (sulfide) groups is 2. The Bertz CT molecular complexity index is 1210. The van der Waals surface area contributed by atoms with Crippen LogP contribution >= 0.6 is 23.5 Å². The maximum Gasteiger partial charge on any atom is 0.293 e. The molecule has 0 bridgehead atoms. The molecule has 0 spiro atoms. The molecule has 7 nitrogen and oxygen atoms in total. The molecule has 0 unspecified atom stereocenters. The molecule has 1 aliphatic heterocycles. The first-order valence-corrected chi connectivity index (χ1v) is 11.7. The average molecular weight is 465 g/mol. The first-order chi connectivity index (χ1) is 15.5. The topological polar surface area (TPSA) is 92.3 Å². The largest absolute Gasteiger partial charge is 0.354 e. The smallest absolute Gasteiger partial charge is 0.293 e. The Morgan fingerprint density at radius 1 is 1.22 bits per heavy atom. The number of hydrogen-bond donors (Lipinski definition) is 1. The Morgan fingerprint density at radius 3 is 2.88 bits per heavy atom. The van der Waals surface area contributed by atoms with Crippen LogP contribution in [0, 0.1) is 6.92 Å². The second-order valence-corrected chi connectivity index (χ2v) is 9.04. The zero-order chi connectivity index (χ0) is 22.5. The fourth-order valence-electron chi connectivity index (χ4n) is 3.20. The molecule has 1 N–H and O–H groups in total. The lowest BCUT2D eigenvalue weighted by Crippen LogP contribution is -2.37. The number of fused-ring (bicyclic) bond motifs is 1. The zero-order valence-corrected chi connectivity index (χ0v) is 18.9. The van der Waals surface area contributed by atoms with Crippen molar-refractivity contribution in [1.29, 1.82) is 0 Å². The third-order valence-corrected chi connectivity index (χ3v) is 6.58. The van der Waals surface area contributed by atoms with Gasteiger partial charge in [0.2, 0.25) is 5.91 Å². The number of imide groups is 1. The van der Waals surface area contributed by atoms with Crippen LogP contribution in [0.1, 0.15) is 11.1 Å². The number of hydrogen-bond acceptors (Lipinski definition) is 7. The van der Waals surface area contributed by atoms with E-state index in [2.05, 4.69) is 15.3 Å². The molecule has 0 radical (unpaired) electrons. The molecule has 0 aliphatic carbocycles. The van der Waals surface area contributed by atoms with Crippen LogP contribution in [0.2, 0.25) is 0 Å². The number of amides is 3. The van der Waals surface area contributed by atoms with Gasteiger partial charge in [-0.25, -0.2) is 4.98 Å². The number of nitrogens with one attached hydrogen (secondary N) is 1. The number of aromatic nitrogens is 2. The third-order valence-electron chi connectivity index (χ3n) is 4.76. The molecule has 162 valence electrons. The first-order valence-electron chi connectivity index (χ1n) is 9.92. The monoisotopic (exact) mass is 464 g/mol. The molecule has 1 fully saturated rings. The van der Waals surface area contributed by atoms with Gasteiger partial charge in [-0.3, -0.25) is 24.3 Å². The van der Waals surface area contributed by atoms with E-state index in [0.717, 1.165) is 43.7 Å². The van der Waals surface area contributed by atoms with E-state index in [1.807, 2.05) is 43.3 Å². The second kappa shape index (κ2) is 9.97. The number of benzene rings is 1. The van der Waals surface area contributed by atoms with E-state index >= 15 is 0 Å². The summed E-state index contributed by atoms with van der Waals surface area (Å²) in [5, 5.41) is 4.30. The van der Waals surface area contributed by atoms with Crippen LogP contribution in [0.4, 0.5) is 4.79 Å². The Kier molecular flexibility index (Phi) is 6.87. The minimum Gasteiger partial charge on any atom is -0.354 e. The van der Waals surface area contributed by atoms with Crippen LogP contribution in [0.15, 0.2) is 64.8 Å². The summed E-state index contributed by atoms with van der Waals surface area (Å²) in [6.45, 7) is 2.34. The molecular formula is C23H20N4O3S2. The number of para-hydroxylation sites is 1. The van der Waals surface area contributed by atoms with Gasteiger partial charge in [0.05, 0.1) is 21.2 Å². The van der Waals surface area contributed by atoms with Crippen molar-refractivity contribution < 1.29 is 14.4 Å². The average Bonchev–Trinajstić information content (AvgIpc) is 3.06. The molecule has 1 saturated heterocycles. The quantitative estimate of drug-likeness (QED) is 0.419. The first kappa shape index (κ1) is 22.0. The van der Waals surface area contributed by atoms with E-state index in [0.29, 0.717) is 4.91 Å². The standard InChI is InChI=1S/C23H20N4O3S2/c1-15-11-21(26-18-7-3-2-6-17(15)18)31-14-20(28)25-9-10-27-22(29)19(32-23(27)30)12-16-5-4-8-24-13-16/h2-8,11-13H,9-10,14H2,1H3,(H,25,28). The van der Waals surface area contributed by atoms with Gasteiger partial charge in [-0.2, -0.15) is 0 Å². The Hall–Kier alpha value is -3.17. The Morgan fingerprint density at radius 2 is 2.06 bits per heavy atom. The fourth-order valence-corrected chi connectivity index (χ4v) is 4.86. The maximum absolute atomic E-state index is 12.5. The summed E-state index contributed by atoms with van der Waals surface area (Å²) in [4.78, 5) is 47.0. The van der Waals surface area contributed by atoms with Gasteiger partial charge in [0.1, 0.15) is 0 Å². The number of rotatable bonds is 7. The molecule has 3 aromatic rings. The van der Waals surface area contributed by atoms with Crippen LogP contribution in [-0.2, 0) is 9.59 Å². The molecule has 2 aromatic heterocycles. The van der Waals surface area contributed by atoms with E-state index in [9.17, 15) is 14.4 Å². The van der Waals surface area contributed by atoms with Gasteiger partial charge in [0.25, 0.3) is 11.1 Å². The normalized spacial score (nSPS) is 15.0. The van der Waals surface area contributed by atoms with Crippen molar-refractivity contribution in [2.75, 3.05) is 18.8 Å². The van der Waals surface area contributed by atoms with Crippen LogP contribution in [0.3, 0.4) is 0 Å². The summed E-state index contributed by atoms with van der Waals surface area (Å²) in [5.41, 5.74) is 2.76. The van der Waals surface area contributed by atoms with Gasteiger partial charge in [-0.1, -0.05) is 36.0 Å². The molecule has 3 amide bonds. The van der Waals surface area contributed by atoms with Gasteiger partial charge >= 0.3 is 0 Å². The van der Waals surface area contributed by atoms with E-state index < -0.39 is 0 Å². The summed E-state index contributed by atoms with van der Waals surface area (Å²) in [7, 11) is 0. The van der Waals surface area contributed by atoms with E-state index in [1.54, 1.807) is 24.5 Å². The highest BCUT2D eigenvalue weighted by molar-refractivity contribution is 8.18. The van der Waals surface area contributed by atoms with E-state index in [4.69, 9.17) is 0 Å². The summed E-state index contributed by atoms with van der Waals surface area (Å²) in [6.07, 6.45) is 4.91. The van der Waals surface area contributed by atoms with Crippen LogP contribution in [-0.4, -0.2) is 50.8 Å². The SMILES string of the molecule is Cc1cc(SCC(=O)NCCN2C(=O)SC(=Cc3cccnc3)C2=O)nc2ccccc12. The van der Waals surface area contributed by atoms with Crippen molar-refractivity contribution in [3.05, 3.63) is 70.9 Å². The predicted molar refractivity (Wildman–Crippen MR) is 127 cm³/mol. The molecule has 9 heteroatoms. The van der Waals surface area contributed by atoms with E-state index in [-0.39, 0.29) is 35.9 Å². The highest BCUT2D eigenvalue weighted by Crippen LogP contribution is 2.31. The van der Waals surface area contributed by atoms with Gasteiger partial charge in [0, 0.05) is 30.9 Å². The third kappa shape index (κ3) is 5.17. The van der Waals surface area contributed by atoms with Crippen molar-refractivity contribution in [1.82, 2.24) is 20.2 Å². The van der Waals surface area contributed by atoms with E-state index in [1.165, 1.54) is 11.8 Å². The van der Waals surface area contributed by atoms with Crippen LogP contribution in [0.25, 0.3) is 17.0 Å². The van der Waals surface area contributed by atoms with Crippen molar-refractivity contribution in [2.24, 2.45) is 0 Å². The number of pyridine rings is 2. The lowest BCUT2D eigenvalue weighted by atomic mass is 10.1. The van der Waals surface area contributed by atoms with Crippen molar-refractivity contribution in [3.8, 4) is 0 Å². The van der Waals surface area contributed by atoms with Crippen molar-refractivity contribution in [2.45, 2.75) is 11.9 Å². The Balaban J connectivity index is 1.27. The van der Waals surface area contributed by atoms with Gasteiger partial charge in [-0.15, -0.1) is 0 Å². The highest BCUT2D eigenvalue weighted by Gasteiger charge is 2.34. The zero-order valence-electron chi connectivity index (χ0n) is 17.3. The molecule has 1 aromatic carbocycles. The molecule has 32 heavy (non-hydrogen) atoms. The minimum atomic E-state index is -0.358. The lowest BCUT2D eigenvalue weighted by molar-refractivity contribution is -0.123. The van der Waals surface area contributed by atoms with Gasteiger partial charge in [0.15, 0.2) is 0 Å². The summed E-state index contributed by atoms with van der Waals surface area (Å²) in [6, 6.07) is 13.4. The molecule has 0 saturated carbocycles. The molecular weight excluding hydrogens is 444 g/mol. The Labute approximate surface area is 193 Å². The summed E-state index contributed by atoms with van der Waals surface area (Å²) >= 11 is 2.24. The molecule has 4 rings (SSSR count). The number of nitrogens with zero attached hydrogens (tertiary/aromatic N) is 3. The molecule has 3 heterocycles. The highest BCUT2D eigenvalue weighted by atomic mass is 32.2. The molecule has 1 aliphatic rings. The summed E-state index contributed by atoms with van der Waals surface area (Å²) in [5.74, 6) is -0.336. The number of aryl methyl sites for hydroxylation is 1. The van der Waals surface area contributed by atoms with Gasteiger partial charge < -0.3 is 5.32 Å². The summed E-state index contributed by atoms with van der Waals surface area (Å²) < 4.78 is 0. The molecule has 0 atom stereocenters. The number of carbonyl (C=O) groups excluding carboxylic acids is 3. The van der Waals surface area contributed by atoms with Gasteiger partial charge in [-0.05, 0) is 54.1 Å². The van der Waals surface area contributed by atoms with Crippen molar-refractivity contribution >= 4 is 57.6 Å². The second-order valence-electron chi connectivity index (χ2n) is 7.05. The van der Waals surface area contributed by atoms with Crippen LogP contribution < -0.4 is 5.32 Å². The number of carbonyl (C=O) groups is 3. The predicted octanol–water partition coefficient (Wildman–Crippen LogP) is 3.88. The van der Waals surface area contributed by atoms with Crippen molar-refractivity contribution in [3.63, 3.8) is 0 Å². The lowest BCUT2D eigenvalue weighted by Gasteiger charge is -2.13. The minimum absolute atomic E-state index is 0.124. The maximum atomic E-state index is 12.5. The fraction of sp³-hybridized carbons (Fsp3) is 0.174.